The Morgan fingerprint density at radius 2 is 1.52 bits per heavy atom. The summed E-state index contributed by atoms with van der Waals surface area (Å²) in [7, 11) is 0. The van der Waals surface area contributed by atoms with E-state index in [0.29, 0.717) is 17.5 Å². The third-order valence-electron chi connectivity index (χ3n) is 4.38. The van der Waals surface area contributed by atoms with Crippen molar-refractivity contribution in [3.63, 3.8) is 0 Å². The van der Waals surface area contributed by atoms with Crippen LogP contribution in [0.25, 0.3) is 10.9 Å². The lowest BCUT2D eigenvalue weighted by atomic mass is 10.1. The van der Waals surface area contributed by atoms with Crippen LogP contribution in [0.2, 0.25) is 0 Å². The maximum Gasteiger partial charge on any atom is 0.229 e. The lowest BCUT2D eigenvalue weighted by Gasteiger charge is -2.17. The fourth-order valence-electron chi connectivity index (χ4n) is 2.96. The zero-order valence-corrected chi connectivity index (χ0v) is 14.9. The number of halogens is 1. The van der Waals surface area contributed by atoms with Crippen LogP contribution in [0.4, 0.5) is 21.8 Å². The van der Waals surface area contributed by atoms with E-state index in [9.17, 15) is 4.39 Å². The van der Waals surface area contributed by atoms with E-state index in [2.05, 4.69) is 39.7 Å². The number of benzene rings is 3. The van der Waals surface area contributed by atoms with E-state index in [1.165, 1.54) is 6.07 Å². The average Bonchev–Trinajstić information content (AvgIpc) is 2.70. The monoisotopic (exact) mass is 358 g/mol. The van der Waals surface area contributed by atoms with Crippen molar-refractivity contribution in [2.24, 2.45) is 0 Å². The third kappa shape index (κ3) is 3.72. The quantitative estimate of drug-likeness (QED) is 0.481. The molecule has 1 aromatic heterocycles. The summed E-state index contributed by atoms with van der Waals surface area (Å²) in [4.78, 5) is 9.13. The number of para-hydroxylation sites is 2. The fourth-order valence-corrected chi connectivity index (χ4v) is 2.96. The molecule has 0 fully saturated rings. The lowest BCUT2D eigenvalue weighted by molar-refractivity contribution is 0.631. The molecule has 4 rings (SSSR count). The predicted molar refractivity (Wildman–Crippen MR) is 108 cm³/mol. The Morgan fingerprint density at radius 3 is 2.33 bits per heavy atom. The minimum Gasteiger partial charge on any atom is -0.363 e. The predicted octanol–water partition coefficient (Wildman–Crippen LogP) is 5.69. The third-order valence-corrected chi connectivity index (χ3v) is 4.38. The smallest absolute Gasteiger partial charge is 0.229 e. The number of aromatic nitrogens is 2. The fraction of sp³-hybridized carbons (Fsp3) is 0.0909. The summed E-state index contributed by atoms with van der Waals surface area (Å²) in [5.74, 6) is 0.707. The SMILES string of the molecule is CC(Nc1nc(Nc2ccccc2F)nc2ccccc12)c1ccccc1. The highest BCUT2D eigenvalue weighted by molar-refractivity contribution is 5.90. The van der Waals surface area contributed by atoms with Crippen LogP contribution >= 0.6 is 0 Å². The molecule has 3 aromatic carbocycles. The summed E-state index contributed by atoms with van der Waals surface area (Å²) in [6.45, 7) is 2.08. The molecule has 0 amide bonds. The van der Waals surface area contributed by atoms with E-state index in [1.54, 1.807) is 18.2 Å². The maximum absolute atomic E-state index is 14.0. The molecule has 0 saturated heterocycles. The van der Waals surface area contributed by atoms with Gasteiger partial charge in [-0.2, -0.15) is 4.98 Å². The molecule has 1 atom stereocenters. The van der Waals surface area contributed by atoms with Gasteiger partial charge in [-0.25, -0.2) is 9.37 Å². The van der Waals surface area contributed by atoms with Gasteiger partial charge in [0.05, 0.1) is 11.2 Å². The molecule has 0 spiro atoms. The molecule has 0 aliphatic heterocycles. The summed E-state index contributed by atoms with van der Waals surface area (Å²) in [5, 5.41) is 7.35. The van der Waals surface area contributed by atoms with Gasteiger partial charge in [0.25, 0.3) is 0 Å². The Balaban J connectivity index is 1.71. The van der Waals surface area contributed by atoms with Gasteiger partial charge in [-0.05, 0) is 36.8 Å². The van der Waals surface area contributed by atoms with Gasteiger partial charge >= 0.3 is 0 Å². The van der Waals surface area contributed by atoms with Crippen molar-refractivity contribution in [3.05, 3.63) is 90.2 Å². The highest BCUT2D eigenvalue weighted by atomic mass is 19.1. The molecule has 4 nitrogen and oxygen atoms in total. The van der Waals surface area contributed by atoms with Crippen LogP contribution in [0.5, 0.6) is 0 Å². The molecule has 5 heteroatoms. The van der Waals surface area contributed by atoms with Crippen LogP contribution in [-0.4, -0.2) is 9.97 Å². The van der Waals surface area contributed by atoms with Crippen LogP contribution in [-0.2, 0) is 0 Å². The van der Waals surface area contributed by atoms with Crippen LogP contribution < -0.4 is 10.6 Å². The van der Waals surface area contributed by atoms with Gasteiger partial charge in [-0.3, -0.25) is 0 Å². The van der Waals surface area contributed by atoms with Crippen molar-refractivity contribution in [2.75, 3.05) is 10.6 Å². The number of hydrogen-bond donors (Lipinski definition) is 2. The van der Waals surface area contributed by atoms with Gasteiger partial charge < -0.3 is 10.6 Å². The summed E-state index contributed by atoms with van der Waals surface area (Å²) >= 11 is 0. The number of anilines is 3. The van der Waals surface area contributed by atoms with Crippen LogP contribution in [0.3, 0.4) is 0 Å². The molecule has 27 heavy (non-hydrogen) atoms. The first kappa shape index (κ1) is 17.0. The minimum atomic E-state index is -0.346. The first-order valence-corrected chi connectivity index (χ1v) is 8.80. The van der Waals surface area contributed by atoms with Gasteiger partial charge in [0.2, 0.25) is 5.95 Å². The second kappa shape index (κ2) is 7.41. The van der Waals surface area contributed by atoms with Crippen molar-refractivity contribution >= 4 is 28.4 Å². The summed E-state index contributed by atoms with van der Waals surface area (Å²) in [5.41, 5.74) is 2.28. The number of hydrogen-bond acceptors (Lipinski definition) is 4. The van der Waals surface area contributed by atoms with Crippen molar-refractivity contribution in [2.45, 2.75) is 13.0 Å². The molecular formula is C22H19FN4. The van der Waals surface area contributed by atoms with Gasteiger partial charge in [0.15, 0.2) is 0 Å². The highest BCUT2D eigenvalue weighted by Crippen LogP contribution is 2.27. The van der Waals surface area contributed by atoms with Crippen LogP contribution in [0, 0.1) is 5.82 Å². The Labute approximate surface area is 157 Å². The molecule has 1 heterocycles. The van der Waals surface area contributed by atoms with Gasteiger partial charge in [-0.1, -0.05) is 54.6 Å². The molecule has 4 aromatic rings. The first-order valence-electron chi connectivity index (χ1n) is 8.80. The standard InChI is InChI=1S/C22H19FN4/c1-15(16-9-3-2-4-10-16)24-21-17-11-5-7-13-19(17)25-22(27-21)26-20-14-8-6-12-18(20)23/h2-15H,1H3,(H2,24,25,26,27). The van der Waals surface area contributed by atoms with Gasteiger partial charge in [0, 0.05) is 11.4 Å². The van der Waals surface area contributed by atoms with Gasteiger partial charge in [-0.15, -0.1) is 0 Å². The molecular weight excluding hydrogens is 339 g/mol. The summed E-state index contributed by atoms with van der Waals surface area (Å²) in [6, 6.07) is 24.5. The molecule has 0 aliphatic carbocycles. The van der Waals surface area contributed by atoms with E-state index >= 15 is 0 Å². The van der Waals surface area contributed by atoms with Crippen molar-refractivity contribution in [3.8, 4) is 0 Å². The zero-order chi connectivity index (χ0) is 18.6. The van der Waals surface area contributed by atoms with E-state index in [0.717, 1.165) is 16.5 Å². The number of fused-ring (bicyclic) bond motifs is 1. The second-order valence-corrected chi connectivity index (χ2v) is 6.29. The number of rotatable bonds is 5. The molecule has 0 bridgehead atoms. The maximum atomic E-state index is 14.0. The van der Waals surface area contributed by atoms with E-state index in [-0.39, 0.29) is 11.9 Å². The van der Waals surface area contributed by atoms with Crippen LogP contribution in [0.1, 0.15) is 18.5 Å². The second-order valence-electron chi connectivity index (χ2n) is 6.29. The Hall–Kier alpha value is -3.47. The van der Waals surface area contributed by atoms with Gasteiger partial charge in [0.1, 0.15) is 11.6 Å². The molecule has 134 valence electrons. The van der Waals surface area contributed by atoms with Crippen molar-refractivity contribution < 1.29 is 4.39 Å². The molecule has 0 radical (unpaired) electrons. The first-order chi connectivity index (χ1) is 13.2. The van der Waals surface area contributed by atoms with Crippen LogP contribution in [0.15, 0.2) is 78.9 Å². The molecule has 0 aliphatic rings. The Kier molecular flexibility index (Phi) is 4.66. The number of nitrogens with zero attached hydrogens (tertiary/aromatic N) is 2. The minimum absolute atomic E-state index is 0.0609. The largest absolute Gasteiger partial charge is 0.363 e. The average molecular weight is 358 g/mol. The van der Waals surface area contributed by atoms with E-state index in [1.807, 2.05) is 42.5 Å². The van der Waals surface area contributed by atoms with Crippen molar-refractivity contribution in [1.82, 2.24) is 9.97 Å². The lowest BCUT2D eigenvalue weighted by Crippen LogP contribution is -2.10. The Bertz CT molecular complexity index is 1070. The molecule has 2 N–H and O–H groups in total. The Morgan fingerprint density at radius 1 is 0.815 bits per heavy atom. The topological polar surface area (TPSA) is 49.8 Å². The van der Waals surface area contributed by atoms with E-state index in [4.69, 9.17) is 0 Å². The molecule has 1 unspecified atom stereocenters. The normalized spacial score (nSPS) is 11.9. The highest BCUT2D eigenvalue weighted by Gasteiger charge is 2.12. The summed E-state index contributed by atoms with van der Waals surface area (Å²) < 4.78 is 14.0. The van der Waals surface area contributed by atoms with Crippen molar-refractivity contribution in [1.29, 1.82) is 0 Å². The molecule has 0 saturated carbocycles. The number of nitrogens with one attached hydrogen (secondary N) is 2. The summed E-state index contributed by atoms with van der Waals surface area (Å²) in [6.07, 6.45) is 0. The van der Waals surface area contributed by atoms with E-state index < -0.39 is 0 Å². The zero-order valence-electron chi connectivity index (χ0n) is 14.9.